The predicted octanol–water partition coefficient (Wildman–Crippen LogP) is 1.75. The van der Waals surface area contributed by atoms with Crippen molar-refractivity contribution in [2.75, 3.05) is 26.7 Å². The molecule has 0 bridgehead atoms. The minimum absolute atomic E-state index is 0.0261. The van der Waals surface area contributed by atoms with E-state index in [0.717, 1.165) is 12.0 Å². The van der Waals surface area contributed by atoms with Gasteiger partial charge in [-0.15, -0.1) is 0 Å². The zero-order chi connectivity index (χ0) is 15.0. The quantitative estimate of drug-likeness (QED) is 0.761. The van der Waals surface area contributed by atoms with Gasteiger partial charge in [0.25, 0.3) is 0 Å². The number of nitrogens with zero attached hydrogens (tertiary/aromatic N) is 1. The first-order chi connectivity index (χ1) is 9.56. The van der Waals surface area contributed by atoms with Crippen LogP contribution >= 0.6 is 0 Å². The molecule has 0 fully saturated rings. The lowest BCUT2D eigenvalue weighted by molar-refractivity contribution is -0.122. The van der Waals surface area contributed by atoms with E-state index in [2.05, 4.69) is 5.32 Å². The molecule has 0 radical (unpaired) electrons. The number of likely N-dealkylation sites (N-methyl/N-ethyl adjacent to an activating group) is 1. The Morgan fingerprint density at radius 3 is 2.80 bits per heavy atom. The summed E-state index contributed by atoms with van der Waals surface area (Å²) in [6.45, 7) is 6.09. The van der Waals surface area contributed by atoms with E-state index in [0.29, 0.717) is 32.0 Å². The molecule has 0 saturated heterocycles. The van der Waals surface area contributed by atoms with Crippen molar-refractivity contribution in [2.24, 2.45) is 0 Å². The Balaban J connectivity index is 2.55. The SMILES string of the molecule is CCCNC(=O)CN(C)Cc1ccc(O)c(OCC)c1. The second-order valence-corrected chi connectivity index (χ2v) is 4.76. The van der Waals surface area contributed by atoms with Crippen molar-refractivity contribution in [3.05, 3.63) is 23.8 Å². The average Bonchev–Trinajstić information content (AvgIpc) is 2.40. The van der Waals surface area contributed by atoms with Gasteiger partial charge in [-0.2, -0.15) is 0 Å². The van der Waals surface area contributed by atoms with Crippen LogP contribution in [0, 0.1) is 0 Å². The molecular weight excluding hydrogens is 256 g/mol. The normalized spacial score (nSPS) is 10.6. The van der Waals surface area contributed by atoms with E-state index in [1.165, 1.54) is 0 Å². The summed E-state index contributed by atoms with van der Waals surface area (Å²) in [6, 6.07) is 5.25. The third kappa shape index (κ3) is 5.48. The molecule has 112 valence electrons. The summed E-state index contributed by atoms with van der Waals surface area (Å²) < 4.78 is 5.35. The van der Waals surface area contributed by atoms with Gasteiger partial charge >= 0.3 is 0 Å². The van der Waals surface area contributed by atoms with E-state index in [-0.39, 0.29) is 11.7 Å². The number of carbonyl (C=O) groups excluding carboxylic acids is 1. The molecule has 0 unspecified atom stereocenters. The van der Waals surface area contributed by atoms with Crippen LogP contribution in [0.15, 0.2) is 18.2 Å². The maximum Gasteiger partial charge on any atom is 0.234 e. The molecule has 5 heteroatoms. The van der Waals surface area contributed by atoms with Gasteiger partial charge in [0.2, 0.25) is 5.91 Å². The van der Waals surface area contributed by atoms with Crippen molar-refractivity contribution in [3.63, 3.8) is 0 Å². The Bertz CT molecular complexity index is 435. The summed E-state index contributed by atoms with van der Waals surface area (Å²) in [5.74, 6) is 0.644. The van der Waals surface area contributed by atoms with Crippen LogP contribution in [0.4, 0.5) is 0 Å². The second-order valence-electron chi connectivity index (χ2n) is 4.76. The van der Waals surface area contributed by atoms with E-state index < -0.39 is 0 Å². The van der Waals surface area contributed by atoms with Crippen LogP contribution in [0.1, 0.15) is 25.8 Å². The van der Waals surface area contributed by atoms with E-state index in [9.17, 15) is 9.90 Å². The first-order valence-electron chi connectivity index (χ1n) is 6.96. The lowest BCUT2D eigenvalue weighted by atomic mass is 10.2. The number of hydrogen-bond donors (Lipinski definition) is 2. The Hall–Kier alpha value is -1.75. The first kappa shape index (κ1) is 16.3. The molecule has 0 heterocycles. The van der Waals surface area contributed by atoms with Crippen molar-refractivity contribution in [2.45, 2.75) is 26.8 Å². The minimum atomic E-state index is 0.0261. The fourth-order valence-corrected chi connectivity index (χ4v) is 1.86. The molecule has 0 aliphatic rings. The topological polar surface area (TPSA) is 61.8 Å². The number of benzene rings is 1. The first-order valence-corrected chi connectivity index (χ1v) is 6.96. The maximum atomic E-state index is 11.6. The summed E-state index contributed by atoms with van der Waals surface area (Å²) in [5.41, 5.74) is 0.997. The lowest BCUT2D eigenvalue weighted by Crippen LogP contribution is -2.35. The molecule has 1 aromatic rings. The van der Waals surface area contributed by atoms with Gasteiger partial charge in [0, 0.05) is 13.1 Å². The number of carbonyl (C=O) groups is 1. The Morgan fingerprint density at radius 1 is 1.40 bits per heavy atom. The highest BCUT2D eigenvalue weighted by molar-refractivity contribution is 5.77. The molecule has 5 nitrogen and oxygen atoms in total. The summed E-state index contributed by atoms with van der Waals surface area (Å²) in [5, 5.41) is 12.5. The van der Waals surface area contributed by atoms with Crippen molar-refractivity contribution in [3.8, 4) is 11.5 Å². The van der Waals surface area contributed by atoms with Gasteiger partial charge in [0.1, 0.15) is 0 Å². The highest BCUT2D eigenvalue weighted by Gasteiger charge is 2.09. The van der Waals surface area contributed by atoms with Gasteiger partial charge < -0.3 is 15.2 Å². The Labute approximate surface area is 120 Å². The molecule has 1 rings (SSSR count). The van der Waals surface area contributed by atoms with Crippen LogP contribution < -0.4 is 10.1 Å². The van der Waals surface area contributed by atoms with E-state index in [1.807, 2.05) is 31.9 Å². The summed E-state index contributed by atoms with van der Waals surface area (Å²) in [7, 11) is 1.89. The smallest absolute Gasteiger partial charge is 0.234 e. The molecule has 0 aliphatic carbocycles. The van der Waals surface area contributed by atoms with Gasteiger partial charge in [-0.3, -0.25) is 9.69 Å². The summed E-state index contributed by atoms with van der Waals surface area (Å²) in [6.07, 6.45) is 0.936. The van der Waals surface area contributed by atoms with Crippen LogP contribution in [0.5, 0.6) is 11.5 Å². The highest BCUT2D eigenvalue weighted by Crippen LogP contribution is 2.27. The predicted molar refractivity (Wildman–Crippen MR) is 78.9 cm³/mol. The molecule has 0 spiro atoms. The number of rotatable bonds is 8. The number of nitrogens with one attached hydrogen (secondary N) is 1. The van der Waals surface area contributed by atoms with Crippen molar-refractivity contribution in [1.29, 1.82) is 0 Å². The lowest BCUT2D eigenvalue weighted by Gasteiger charge is -2.17. The molecule has 2 N–H and O–H groups in total. The number of hydrogen-bond acceptors (Lipinski definition) is 4. The zero-order valence-corrected chi connectivity index (χ0v) is 12.5. The van der Waals surface area contributed by atoms with Gasteiger partial charge in [-0.1, -0.05) is 13.0 Å². The minimum Gasteiger partial charge on any atom is -0.504 e. The van der Waals surface area contributed by atoms with Crippen LogP contribution in [-0.4, -0.2) is 42.7 Å². The Kier molecular flexibility index (Phi) is 6.87. The monoisotopic (exact) mass is 280 g/mol. The van der Waals surface area contributed by atoms with Crippen LogP contribution in [0.2, 0.25) is 0 Å². The molecule has 0 saturated carbocycles. The van der Waals surface area contributed by atoms with Crippen LogP contribution in [0.3, 0.4) is 0 Å². The van der Waals surface area contributed by atoms with E-state index >= 15 is 0 Å². The zero-order valence-electron chi connectivity index (χ0n) is 12.5. The van der Waals surface area contributed by atoms with Gasteiger partial charge in [-0.05, 0) is 38.1 Å². The number of phenols is 1. The molecule has 0 atom stereocenters. The van der Waals surface area contributed by atoms with Crippen LogP contribution in [-0.2, 0) is 11.3 Å². The van der Waals surface area contributed by atoms with E-state index in [1.54, 1.807) is 12.1 Å². The average molecular weight is 280 g/mol. The van der Waals surface area contributed by atoms with Gasteiger partial charge in [-0.25, -0.2) is 0 Å². The van der Waals surface area contributed by atoms with Crippen molar-refractivity contribution >= 4 is 5.91 Å². The number of phenolic OH excluding ortho intramolecular Hbond substituents is 1. The summed E-state index contributed by atoms with van der Waals surface area (Å²) in [4.78, 5) is 13.5. The number of ether oxygens (including phenoxy) is 1. The molecule has 0 aliphatic heterocycles. The third-order valence-electron chi connectivity index (χ3n) is 2.76. The molecule has 20 heavy (non-hydrogen) atoms. The van der Waals surface area contributed by atoms with Gasteiger partial charge in [0.05, 0.1) is 13.2 Å². The maximum absolute atomic E-state index is 11.6. The molecule has 0 aromatic heterocycles. The highest BCUT2D eigenvalue weighted by atomic mass is 16.5. The van der Waals surface area contributed by atoms with Crippen molar-refractivity contribution in [1.82, 2.24) is 10.2 Å². The van der Waals surface area contributed by atoms with Crippen LogP contribution in [0.25, 0.3) is 0 Å². The second kappa shape index (κ2) is 8.43. The van der Waals surface area contributed by atoms with E-state index in [4.69, 9.17) is 4.74 Å². The Morgan fingerprint density at radius 2 is 2.15 bits per heavy atom. The standard InChI is InChI=1S/C15H24N2O3/c1-4-8-16-15(19)11-17(3)10-12-6-7-13(18)14(9-12)20-5-2/h6-7,9,18H,4-5,8,10-11H2,1-3H3,(H,16,19). The molecule has 1 aromatic carbocycles. The number of amides is 1. The number of aromatic hydroxyl groups is 1. The summed E-state index contributed by atoms with van der Waals surface area (Å²) >= 11 is 0. The fourth-order valence-electron chi connectivity index (χ4n) is 1.86. The molecule has 1 amide bonds. The third-order valence-corrected chi connectivity index (χ3v) is 2.76. The van der Waals surface area contributed by atoms with Crippen molar-refractivity contribution < 1.29 is 14.6 Å². The largest absolute Gasteiger partial charge is 0.504 e. The molecular formula is C15H24N2O3. The van der Waals surface area contributed by atoms with Gasteiger partial charge in [0.15, 0.2) is 11.5 Å². The fraction of sp³-hybridized carbons (Fsp3) is 0.533.